The molecule has 0 unspecified atom stereocenters. The molecule has 0 spiro atoms. The molecule has 0 saturated carbocycles. The van der Waals surface area contributed by atoms with Gasteiger partial charge in [-0.1, -0.05) is 0 Å². The molecule has 2 amide bonds. The van der Waals surface area contributed by atoms with Gasteiger partial charge in [0.05, 0.1) is 6.54 Å². The number of hydrogen-bond donors (Lipinski definition) is 1. The third-order valence-corrected chi connectivity index (χ3v) is 6.43. The summed E-state index contributed by atoms with van der Waals surface area (Å²) in [5.41, 5.74) is -1.37. The molecule has 1 aromatic heterocycles. The van der Waals surface area contributed by atoms with E-state index in [0.29, 0.717) is 0 Å². The van der Waals surface area contributed by atoms with Gasteiger partial charge in [0.25, 0.3) is 10.0 Å². The average molecular weight is 313 g/mol. The Morgan fingerprint density at radius 1 is 1.40 bits per heavy atom. The monoisotopic (exact) mass is 313 g/mol. The summed E-state index contributed by atoms with van der Waals surface area (Å²) < 4.78 is 25.8. The lowest BCUT2D eigenvalue weighted by Crippen LogP contribution is -2.65. The Balaban J connectivity index is 2.50. The van der Waals surface area contributed by atoms with Crippen LogP contribution in [0.1, 0.15) is 18.7 Å². The van der Waals surface area contributed by atoms with Crippen LogP contribution in [-0.2, 0) is 19.6 Å². The van der Waals surface area contributed by atoms with Crippen molar-refractivity contribution in [1.29, 1.82) is 5.26 Å². The van der Waals surface area contributed by atoms with E-state index in [2.05, 4.69) is 5.32 Å². The van der Waals surface area contributed by atoms with E-state index >= 15 is 0 Å². The highest BCUT2D eigenvalue weighted by Gasteiger charge is 2.48. The average Bonchev–Trinajstić information content (AvgIpc) is 2.83. The Hall–Kier alpha value is -1.76. The van der Waals surface area contributed by atoms with E-state index in [1.165, 1.54) is 26.0 Å². The van der Waals surface area contributed by atoms with Gasteiger partial charge in [-0.05, 0) is 26.0 Å². The lowest BCUT2D eigenvalue weighted by molar-refractivity contribution is -0.141. The molecule has 1 saturated heterocycles. The SMILES string of the molecule is CC1(C)C(=O)NC(=O)CN1S(=O)(=O)c1ccc(C#N)s1. The zero-order valence-corrected chi connectivity index (χ0v) is 12.3. The number of amides is 2. The van der Waals surface area contributed by atoms with Crippen LogP contribution in [0.2, 0.25) is 0 Å². The van der Waals surface area contributed by atoms with Crippen LogP contribution in [0.5, 0.6) is 0 Å². The van der Waals surface area contributed by atoms with Gasteiger partial charge < -0.3 is 0 Å². The summed E-state index contributed by atoms with van der Waals surface area (Å²) in [4.78, 5) is 23.5. The molecule has 0 atom stereocenters. The first-order chi connectivity index (χ1) is 9.19. The second-order valence-corrected chi connectivity index (χ2v) is 7.85. The molecule has 9 heteroatoms. The maximum atomic E-state index is 12.5. The number of imide groups is 1. The topological polar surface area (TPSA) is 107 Å². The first-order valence-corrected chi connectivity index (χ1v) is 7.82. The van der Waals surface area contributed by atoms with Gasteiger partial charge in [0.15, 0.2) is 0 Å². The molecule has 1 aliphatic rings. The van der Waals surface area contributed by atoms with Gasteiger partial charge in [0.2, 0.25) is 11.8 Å². The van der Waals surface area contributed by atoms with Crippen LogP contribution in [0.4, 0.5) is 0 Å². The molecule has 1 fully saturated rings. The van der Waals surface area contributed by atoms with Gasteiger partial charge in [0, 0.05) is 0 Å². The minimum atomic E-state index is -4.01. The predicted molar refractivity (Wildman–Crippen MR) is 70.2 cm³/mol. The first kappa shape index (κ1) is 14.6. The number of nitriles is 1. The highest BCUT2D eigenvalue weighted by Crippen LogP contribution is 2.30. The molecule has 106 valence electrons. The van der Waals surface area contributed by atoms with E-state index in [9.17, 15) is 18.0 Å². The van der Waals surface area contributed by atoms with Crippen LogP contribution >= 0.6 is 11.3 Å². The fraction of sp³-hybridized carbons (Fsp3) is 0.364. The summed E-state index contributed by atoms with van der Waals surface area (Å²) in [6.07, 6.45) is 0. The summed E-state index contributed by atoms with van der Waals surface area (Å²) in [7, 11) is -4.01. The van der Waals surface area contributed by atoms with E-state index in [1.807, 2.05) is 6.07 Å². The van der Waals surface area contributed by atoms with Crippen molar-refractivity contribution in [2.24, 2.45) is 0 Å². The molecule has 0 aromatic carbocycles. The number of hydrogen-bond acceptors (Lipinski definition) is 6. The van der Waals surface area contributed by atoms with E-state index in [-0.39, 0.29) is 9.09 Å². The number of carbonyl (C=O) groups is 2. The maximum absolute atomic E-state index is 12.5. The maximum Gasteiger partial charge on any atom is 0.254 e. The number of nitrogens with zero attached hydrogens (tertiary/aromatic N) is 2. The lowest BCUT2D eigenvalue weighted by Gasteiger charge is -2.38. The van der Waals surface area contributed by atoms with Gasteiger partial charge in [-0.2, -0.15) is 9.57 Å². The molecule has 0 aliphatic carbocycles. The number of carbonyl (C=O) groups excluding carboxylic acids is 2. The van der Waals surface area contributed by atoms with Crippen LogP contribution in [0.25, 0.3) is 0 Å². The molecule has 2 heterocycles. The summed E-state index contributed by atoms with van der Waals surface area (Å²) >= 11 is 0.803. The standard InChI is InChI=1S/C11H11N3O4S2/c1-11(2)10(16)13-8(15)6-14(11)20(17,18)9-4-3-7(5-12)19-9/h3-4H,6H2,1-2H3,(H,13,15,16). The van der Waals surface area contributed by atoms with E-state index in [4.69, 9.17) is 5.26 Å². The molecule has 2 rings (SSSR count). The Bertz CT molecular complexity index is 727. The molecule has 20 heavy (non-hydrogen) atoms. The quantitative estimate of drug-likeness (QED) is 0.776. The molecule has 0 bridgehead atoms. The minimum Gasteiger partial charge on any atom is -0.294 e. The fourth-order valence-corrected chi connectivity index (χ4v) is 4.70. The fourth-order valence-electron chi connectivity index (χ4n) is 1.77. The molecule has 7 nitrogen and oxygen atoms in total. The zero-order valence-electron chi connectivity index (χ0n) is 10.7. The van der Waals surface area contributed by atoms with Gasteiger partial charge in [-0.25, -0.2) is 8.42 Å². The number of rotatable bonds is 2. The third-order valence-electron chi connectivity index (χ3n) is 2.96. The number of thiophene rings is 1. The van der Waals surface area contributed by atoms with Crippen molar-refractivity contribution in [2.45, 2.75) is 23.6 Å². The molecule has 0 radical (unpaired) electrons. The van der Waals surface area contributed by atoms with Crippen LogP contribution in [0.3, 0.4) is 0 Å². The van der Waals surface area contributed by atoms with E-state index in [1.54, 1.807) is 0 Å². The lowest BCUT2D eigenvalue weighted by atomic mass is 10.0. The van der Waals surface area contributed by atoms with Crippen molar-refractivity contribution >= 4 is 33.2 Å². The molecular formula is C11H11N3O4S2. The smallest absolute Gasteiger partial charge is 0.254 e. The van der Waals surface area contributed by atoms with Crippen LogP contribution < -0.4 is 5.32 Å². The van der Waals surface area contributed by atoms with Gasteiger partial charge >= 0.3 is 0 Å². The molecule has 1 aromatic rings. The summed E-state index contributed by atoms with van der Waals surface area (Å²) in [5, 5.41) is 10.9. The Morgan fingerprint density at radius 2 is 2.05 bits per heavy atom. The Kier molecular flexibility index (Phi) is 3.41. The van der Waals surface area contributed by atoms with Gasteiger partial charge in [0.1, 0.15) is 20.7 Å². The van der Waals surface area contributed by atoms with E-state index < -0.39 is 33.9 Å². The largest absolute Gasteiger partial charge is 0.294 e. The van der Waals surface area contributed by atoms with Crippen molar-refractivity contribution in [1.82, 2.24) is 9.62 Å². The molecule has 1 aliphatic heterocycles. The van der Waals surface area contributed by atoms with Crippen LogP contribution in [-0.4, -0.2) is 36.6 Å². The number of nitrogens with one attached hydrogen (secondary N) is 1. The summed E-state index contributed by atoms with van der Waals surface area (Å²) in [5.74, 6) is -1.34. The van der Waals surface area contributed by atoms with Crippen molar-refractivity contribution in [3.63, 3.8) is 0 Å². The number of piperazine rings is 1. The van der Waals surface area contributed by atoms with Crippen molar-refractivity contribution in [3.05, 3.63) is 17.0 Å². The number of sulfonamides is 1. The summed E-state index contributed by atoms with van der Waals surface area (Å²) in [6, 6.07) is 4.53. The van der Waals surface area contributed by atoms with Gasteiger partial charge in [-0.15, -0.1) is 11.3 Å². The second kappa shape index (κ2) is 4.66. The Morgan fingerprint density at radius 3 is 2.60 bits per heavy atom. The highest BCUT2D eigenvalue weighted by molar-refractivity contribution is 7.91. The third kappa shape index (κ3) is 2.22. The Labute approximate surface area is 119 Å². The molecular weight excluding hydrogens is 302 g/mol. The molecule has 1 N–H and O–H groups in total. The first-order valence-electron chi connectivity index (χ1n) is 5.56. The zero-order chi connectivity index (χ0) is 15.1. The van der Waals surface area contributed by atoms with Gasteiger partial charge in [-0.3, -0.25) is 14.9 Å². The van der Waals surface area contributed by atoms with Crippen molar-refractivity contribution < 1.29 is 18.0 Å². The van der Waals surface area contributed by atoms with Crippen molar-refractivity contribution in [3.8, 4) is 6.07 Å². The minimum absolute atomic E-state index is 0.0652. The van der Waals surface area contributed by atoms with Crippen LogP contribution in [0, 0.1) is 11.3 Å². The van der Waals surface area contributed by atoms with Crippen molar-refractivity contribution in [2.75, 3.05) is 6.54 Å². The predicted octanol–water partition coefficient (Wildman–Crippen LogP) is 0.0455. The summed E-state index contributed by atoms with van der Waals surface area (Å²) in [6.45, 7) is 2.41. The van der Waals surface area contributed by atoms with E-state index in [0.717, 1.165) is 15.6 Å². The highest BCUT2D eigenvalue weighted by atomic mass is 32.2. The second-order valence-electron chi connectivity index (χ2n) is 4.68. The normalized spacial score (nSPS) is 19.4. The van der Waals surface area contributed by atoms with Crippen LogP contribution in [0.15, 0.2) is 16.3 Å².